The highest BCUT2D eigenvalue weighted by molar-refractivity contribution is 6.00. The van der Waals surface area contributed by atoms with Gasteiger partial charge in [0.2, 0.25) is 0 Å². The van der Waals surface area contributed by atoms with Gasteiger partial charge in [-0.25, -0.2) is 4.98 Å². The maximum Gasteiger partial charge on any atom is 0.418 e. The summed E-state index contributed by atoms with van der Waals surface area (Å²) >= 11 is 0. The van der Waals surface area contributed by atoms with E-state index in [-0.39, 0.29) is 71.1 Å². The smallest absolute Gasteiger partial charge is 0.418 e. The number of nitrogens with zero attached hydrogens (tertiary/aromatic N) is 2. The second kappa shape index (κ2) is 9.88. The second-order valence-corrected chi connectivity index (χ2v) is 8.25. The van der Waals surface area contributed by atoms with Crippen LogP contribution in [0, 0.1) is 0 Å². The van der Waals surface area contributed by atoms with E-state index in [0.29, 0.717) is 32.0 Å². The van der Waals surface area contributed by atoms with Crippen molar-refractivity contribution < 1.29 is 41.7 Å². The quantitative estimate of drug-likeness (QED) is 0.501. The summed E-state index contributed by atoms with van der Waals surface area (Å²) in [6, 6.07) is 2.92. The maximum absolute atomic E-state index is 13.5. The van der Waals surface area contributed by atoms with Crippen molar-refractivity contribution in [2.24, 2.45) is 0 Å². The molecular formula is C24H25F3N4O6. The van der Waals surface area contributed by atoms with Crippen LogP contribution in [0.15, 0.2) is 18.3 Å². The predicted molar refractivity (Wildman–Crippen MR) is 126 cm³/mol. The number of fused-ring (bicyclic) bond motifs is 2. The molecule has 4 heterocycles. The lowest BCUT2D eigenvalue weighted by Crippen LogP contribution is -2.41. The fourth-order valence-corrected chi connectivity index (χ4v) is 4.34. The van der Waals surface area contributed by atoms with Crippen molar-refractivity contribution in [1.29, 1.82) is 0 Å². The van der Waals surface area contributed by atoms with Gasteiger partial charge in [0.15, 0.2) is 11.5 Å². The molecule has 0 aliphatic carbocycles. The summed E-state index contributed by atoms with van der Waals surface area (Å²) in [5.41, 5.74) is -0.295. The molecule has 0 radical (unpaired) electrons. The molecule has 2 N–H and O–H groups in total. The zero-order valence-corrected chi connectivity index (χ0v) is 20.2. The first-order chi connectivity index (χ1) is 17.8. The fourth-order valence-electron chi connectivity index (χ4n) is 4.34. The Labute approximate surface area is 209 Å². The van der Waals surface area contributed by atoms with Crippen molar-refractivity contribution in [1.82, 2.24) is 14.9 Å². The Hall–Kier alpha value is -3.87. The highest BCUT2D eigenvalue weighted by Crippen LogP contribution is 2.48. The number of rotatable bonds is 6. The van der Waals surface area contributed by atoms with Gasteiger partial charge in [0.05, 0.1) is 43.4 Å². The van der Waals surface area contributed by atoms with Gasteiger partial charge in [-0.1, -0.05) is 0 Å². The predicted octanol–water partition coefficient (Wildman–Crippen LogP) is 3.98. The number of hydrogen-bond acceptors (Lipinski definition) is 8. The summed E-state index contributed by atoms with van der Waals surface area (Å²) in [7, 11) is 1.43. The Morgan fingerprint density at radius 1 is 1.14 bits per heavy atom. The van der Waals surface area contributed by atoms with Crippen molar-refractivity contribution in [3.05, 3.63) is 29.5 Å². The highest BCUT2D eigenvalue weighted by atomic mass is 19.4. The van der Waals surface area contributed by atoms with E-state index in [1.807, 2.05) is 0 Å². The van der Waals surface area contributed by atoms with Crippen molar-refractivity contribution in [3.63, 3.8) is 0 Å². The SMILES string of the molecule is CCOc1cc(Nc2c(OC)cc(C(=O)N3CCOCC3)c3c2OCCO3)nc2[nH]cc(C(F)(F)F)c12. The average molecular weight is 522 g/mol. The lowest BCUT2D eigenvalue weighted by atomic mass is 10.1. The first kappa shape index (κ1) is 24.8. The summed E-state index contributed by atoms with van der Waals surface area (Å²) in [5.74, 6) is 0.685. The number of aromatic nitrogens is 2. The maximum atomic E-state index is 13.5. The fraction of sp³-hybridized carbons (Fsp3) is 0.417. The Bertz CT molecular complexity index is 1320. The molecule has 0 saturated carbocycles. The van der Waals surface area contributed by atoms with Crippen LogP contribution in [0.2, 0.25) is 0 Å². The molecule has 13 heteroatoms. The molecular weight excluding hydrogens is 497 g/mol. The number of carbonyl (C=O) groups excluding carboxylic acids is 1. The third-order valence-corrected chi connectivity index (χ3v) is 5.99. The molecule has 2 aliphatic rings. The molecule has 0 bridgehead atoms. The van der Waals surface area contributed by atoms with Crippen LogP contribution in [0.5, 0.6) is 23.0 Å². The second-order valence-electron chi connectivity index (χ2n) is 8.25. The summed E-state index contributed by atoms with van der Waals surface area (Å²) in [5, 5.41) is 2.90. The molecule has 5 rings (SSSR count). The van der Waals surface area contributed by atoms with Crippen LogP contribution in [0.1, 0.15) is 22.8 Å². The third kappa shape index (κ3) is 4.66. The number of aromatic amines is 1. The topological polar surface area (TPSA) is 107 Å². The van der Waals surface area contributed by atoms with Crippen LogP contribution in [-0.4, -0.2) is 74.0 Å². The number of methoxy groups -OCH3 is 1. The van der Waals surface area contributed by atoms with E-state index in [9.17, 15) is 18.0 Å². The number of carbonyl (C=O) groups is 1. The molecule has 1 aromatic carbocycles. The minimum absolute atomic E-state index is 0.00712. The number of ether oxygens (including phenoxy) is 5. The van der Waals surface area contributed by atoms with Gasteiger partial charge >= 0.3 is 6.18 Å². The van der Waals surface area contributed by atoms with E-state index in [0.717, 1.165) is 6.20 Å². The monoisotopic (exact) mass is 522 g/mol. The number of hydrogen-bond donors (Lipinski definition) is 2. The number of alkyl halides is 3. The van der Waals surface area contributed by atoms with Crippen molar-refractivity contribution in [2.75, 3.05) is 58.6 Å². The van der Waals surface area contributed by atoms with Gasteiger partial charge in [-0.05, 0) is 13.0 Å². The number of anilines is 2. The van der Waals surface area contributed by atoms with E-state index in [1.165, 1.54) is 13.2 Å². The molecule has 2 aromatic heterocycles. The van der Waals surface area contributed by atoms with E-state index >= 15 is 0 Å². The first-order valence-electron chi connectivity index (χ1n) is 11.7. The van der Waals surface area contributed by atoms with Gasteiger partial charge < -0.3 is 38.9 Å². The molecule has 37 heavy (non-hydrogen) atoms. The molecule has 1 saturated heterocycles. The van der Waals surface area contributed by atoms with Crippen LogP contribution in [0.25, 0.3) is 11.0 Å². The number of morpholine rings is 1. The Balaban J connectivity index is 1.58. The van der Waals surface area contributed by atoms with Gasteiger partial charge in [0, 0.05) is 25.4 Å². The zero-order valence-electron chi connectivity index (χ0n) is 20.2. The van der Waals surface area contributed by atoms with Crippen LogP contribution in [0.3, 0.4) is 0 Å². The number of halogens is 3. The van der Waals surface area contributed by atoms with Crippen LogP contribution < -0.4 is 24.3 Å². The summed E-state index contributed by atoms with van der Waals surface area (Å²) in [6.45, 7) is 4.04. The number of nitrogens with one attached hydrogen (secondary N) is 2. The Morgan fingerprint density at radius 3 is 2.54 bits per heavy atom. The molecule has 0 spiro atoms. The van der Waals surface area contributed by atoms with Crippen molar-refractivity contribution >= 4 is 28.4 Å². The number of H-pyrrole nitrogens is 1. The largest absolute Gasteiger partial charge is 0.494 e. The van der Waals surface area contributed by atoms with E-state index < -0.39 is 11.7 Å². The van der Waals surface area contributed by atoms with Crippen molar-refractivity contribution in [3.8, 4) is 23.0 Å². The Kier molecular flexibility index (Phi) is 6.63. The third-order valence-electron chi connectivity index (χ3n) is 5.99. The van der Waals surface area contributed by atoms with Gasteiger partial charge in [0.1, 0.15) is 41.9 Å². The van der Waals surface area contributed by atoms with E-state index in [2.05, 4.69) is 15.3 Å². The lowest BCUT2D eigenvalue weighted by Gasteiger charge is -2.30. The van der Waals surface area contributed by atoms with Crippen LogP contribution in [0.4, 0.5) is 24.7 Å². The van der Waals surface area contributed by atoms with Crippen molar-refractivity contribution in [2.45, 2.75) is 13.1 Å². The molecule has 1 fully saturated rings. The molecule has 2 aliphatic heterocycles. The summed E-state index contributed by atoms with van der Waals surface area (Å²) < 4.78 is 68.8. The van der Waals surface area contributed by atoms with E-state index in [1.54, 1.807) is 17.9 Å². The summed E-state index contributed by atoms with van der Waals surface area (Å²) in [6.07, 6.45) is -3.73. The zero-order chi connectivity index (χ0) is 26.2. The molecule has 3 aromatic rings. The highest BCUT2D eigenvalue weighted by Gasteiger charge is 2.36. The minimum Gasteiger partial charge on any atom is -0.494 e. The standard InChI is InChI=1S/C24H25F3N4O6/c1-3-35-15-11-17(30-22-18(15)14(12-28-22)24(25,26)27)29-19-16(33-2)10-13(20-21(19)37-9-8-36-20)23(32)31-4-6-34-7-5-31/h10-12H,3-9H2,1-2H3,(H2,28,29,30). The van der Waals surface area contributed by atoms with Gasteiger partial charge in [-0.2, -0.15) is 13.2 Å². The van der Waals surface area contributed by atoms with Crippen LogP contribution >= 0.6 is 0 Å². The molecule has 0 atom stereocenters. The lowest BCUT2D eigenvalue weighted by molar-refractivity contribution is -0.136. The normalized spacial score (nSPS) is 15.5. The van der Waals surface area contributed by atoms with E-state index in [4.69, 9.17) is 23.7 Å². The first-order valence-corrected chi connectivity index (χ1v) is 11.7. The van der Waals surface area contributed by atoms with Gasteiger partial charge in [0.25, 0.3) is 5.91 Å². The number of pyridine rings is 1. The van der Waals surface area contributed by atoms with Gasteiger partial charge in [-0.3, -0.25) is 4.79 Å². The van der Waals surface area contributed by atoms with Gasteiger partial charge in [-0.15, -0.1) is 0 Å². The molecule has 0 unspecified atom stereocenters. The van der Waals surface area contributed by atoms with Crippen LogP contribution in [-0.2, 0) is 10.9 Å². The number of benzene rings is 1. The number of amides is 1. The molecule has 1 amide bonds. The average Bonchev–Trinajstić information content (AvgIpc) is 3.34. The summed E-state index contributed by atoms with van der Waals surface area (Å²) in [4.78, 5) is 21.8. The minimum atomic E-state index is -4.59. The molecule has 198 valence electrons. The Morgan fingerprint density at radius 2 is 1.86 bits per heavy atom. The molecule has 10 nitrogen and oxygen atoms in total.